The molecule has 15 heavy (non-hydrogen) atoms. The van der Waals surface area contributed by atoms with Crippen molar-refractivity contribution >= 4 is 24.4 Å². The van der Waals surface area contributed by atoms with Crippen molar-refractivity contribution in [2.45, 2.75) is 43.5 Å². The molecule has 0 aliphatic rings. The Hall–Kier alpha value is -0.590. The number of unbranched alkanes of at least 4 members (excludes halogenated alkanes) is 2. The molecular weight excluding hydrogens is 216 g/mol. The maximum absolute atomic E-state index is 11.0. The summed E-state index contributed by atoms with van der Waals surface area (Å²) in [5, 5.41) is 7.79. The van der Waals surface area contributed by atoms with Crippen molar-refractivity contribution in [1.82, 2.24) is 0 Å². The van der Waals surface area contributed by atoms with Crippen molar-refractivity contribution in [1.29, 1.82) is 0 Å². The number of rotatable bonds is 8. The van der Waals surface area contributed by atoms with Crippen LogP contribution < -0.4 is 11.5 Å². The molecule has 0 radical (unpaired) electrons. The predicted octanol–water partition coefficient (Wildman–Crippen LogP) is 0.132. The van der Waals surface area contributed by atoms with E-state index in [1.165, 1.54) is 0 Å². The van der Waals surface area contributed by atoms with Gasteiger partial charge in [0.2, 0.25) is 0 Å². The van der Waals surface area contributed by atoms with Crippen LogP contribution in [0.1, 0.15) is 32.1 Å². The zero-order valence-electron chi connectivity index (χ0n) is 8.56. The summed E-state index contributed by atoms with van der Waals surface area (Å²) < 4.78 is 0. The zero-order chi connectivity index (χ0) is 11.8. The molecule has 5 nitrogen and oxygen atoms in total. The summed E-state index contributed by atoms with van der Waals surface area (Å²) in [5.41, 5.74) is 10.6. The number of carbonyl (C=O) groups is 2. The first-order chi connectivity index (χ1) is 6.95. The number of carbonyl (C=O) groups excluding carboxylic acids is 1. The highest BCUT2D eigenvalue weighted by Gasteiger charge is 2.11. The third kappa shape index (κ3) is 7.35. The SMILES string of the molecule is NC(S)C(=O)CCCCC[C@H](N)C(=O)O. The van der Waals surface area contributed by atoms with Crippen LogP contribution in [0.5, 0.6) is 0 Å². The van der Waals surface area contributed by atoms with Crippen molar-refractivity contribution < 1.29 is 14.7 Å². The minimum atomic E-state index is -0.983. The molecular formula is C9H18N2O3S. The zero-order valence-corrected chi connectivity index (χ0v) is 9.45. The first kappa shape index (κ1) is 14.4. The van der Waals surface area contributed by atoms with Gasteiger partial charge < -0.3 is 16.6 Å². The van der Waals surface area contributed by atoms with E-state index in [-0.39, 0.29) is 5.78 Å². The van der Waals surface area contributed by atoms with Crippen molar-refractivity contribution in [2.24, 2.45) is 11.5 Å². The largest absolute Gasteiger partial charge is 0.480 e. The standard InChI is InChI=1S/C9H18N2O3S/c10-6(9(13)14)4-2-1-3-5-7(12)8(11)15/h6,8,15H,1-5,10-11H2,(H,13,14)/t6-,8?/m0/s1. The van der Waals surface area contributed by atoms with Crippen LogP contribution in [0.4, 0.5) is 0 Å². The summed E-state index contributed by atoms with van der Waals surface area (Å²) in [7, 11) is 0. The Morgan fingerprint density at radius 3 is 2.27 bits per heavy atom. The van der Waals surface area contributed by atoms with Gasteiger partial charge in [-0.2, -0.15) is 12.6 Å². The van der Waals surface area contributed by atoms with Gasteiger partial charge in [0.25, 0.3) is 0 Å². The third-order valence-corrected chi connectivity index (χ3v) is 2.37. The molecule has 0 heterocycles. The summed E-state index contributed by atoms with van der Waals surface area (Å²) in [6.45, 7) is 0. The molecule has 1 unspecified atom stereocenters. The van der Waals surface area contributed by atoms with E-state index < -0.39 is 17.4 Å². The van der Waals surface area contributed by atoms with Crippen LogP contribution in [0.3, 0.4) is 0 Å². The van der Waals surface area contributed by atoms with Crippen LogP contribution in [0.15, 0.2) is 0 Å². The lowest BCUT2D eigenvalue weighted by Gasteiger charge is -2.06. The maximum atomic E-state index is 11.0. The van der Waals surface area contributed by atoms with Crippen LogP contribution in [-0.4, -0.2) is 28.3 Å². The molecule has 0 aromatic heterocycles. The van der Waals surface area contributed by atoms with Crippen molar-refractivity contribution in [3.8, 4) is 0 Å². The third-order valence-electron chi connectivity index (χ3n) is 2.09. The number of carboxylic acids is 1. The summed E-state index contributed by atoms with van der Waals surface area (Å²) in [6.07, 6.45) is 3.04. The molecule has 5 N–H and O–H groups in total. The molecule has 0 saturated heterocycles. The van der Waals surface area contributed by atoms with E-state index in [0.29, 0.717) is 25.7 Å². The second kappa shape index (κ2) is 7.67. The number of hydrogen-bond acceptors (Lipinski definition) is 5. The van der Waals surface area contributed by atoms with Crippen LogP contribution in [0.25, 0.3) is 0 Å². The Bertz CT molecular complexity index is 221. The highest BCUT2D eigenvalue weighted by molar-refractivity contribution is 7.81. The Balaban J connectivity index is 3.40. The normalized spacial score (nSPS) is 14.6. The van der Waals surface area contributed by atoms with Gasteiger partial charge in [0, 0.05) is 6.42 Å². The van der Waals surface area contributed by atoms with Gasteiger partial charge in [-0.15, -0.1) is 0 Å². The number of Topliss-reactive ketones (excluding diaryl/α,β-unsaturated/α-hetero) is 1. The van der Waals surface area contributed by atoms with E-state index in [4.69, 9.17) is 16.6 Å². The van der Waals surface area contributed by atoms with Gasteiger partial charge in [-0.1, -0.05) is 12.8 Å². The number of carboxylic acid groups (broad SMARTS) is 1. The van der Waals surface area contributed by atoms with E-state index in [1.54, 1.807) is 0 Å². The summed E-state index contributed by atoms with van der Waals surface area (Å²) in [6, 6.07) is -0.798. The average molecular weight is 234 g/mol. The smallest absolute Gasteiger partial charge is 0.320 e. The fourth-order valence-electron chi connectivity index (χ4n) is 1.11. The van der Waals surface area contributed by atoms with Gasteiger partial charge in [0.15, 0.2) is 5.78 Å². The topological polar surface area (TPSA) is 106 Å². The Labute approximate surface area is 94.6 Å². The monoisotopic (exact) mass is 234 g/mol. The quantitative estimate of drug-likeness (QED) is 0.271. The highest BCUT2D eigenvalue weighted by Crippen LogP contribution is 2.06. The van der Waals surface area contributed by atoms with Gasteiger partial charge >= 0.3 is 5.97 Å². The fourth-order valence-corrected chi connectivity index (χ4v) is 1.24. The van der Waals surface area contributed by atoms with Crippen molar-refractivity contribution in [3.63, 3.8) is 0 Å². The maximum Gasteiger partial charge on any atom is 0.320 e. The van der Waals surface area contributed by atoms with Gasteiger partial charge in [-0.05, 0) is 12.8 Å². The molecule has 2 atom stereocenters. The van der Waals surface area contributed by atoms with E-state index >= 15 is 0 Å². The lowest BCUT2D eigenvalue weighted by Crippen LogP contribution is -2.29. The fraction of sp³-hybridized carbons (Fsp3) is 0.778. The number of ketones is 1. The second-order valence-electron chi connectivity index (χ2n) is 3.46. The second-order valence-corrected chi connectivity index (χ2v) is 4.01. The number of hydrogen-bond donors (Lipinski definition) is 4. The Kier molecular flexibility index (Phi) is 7.37. The van der Waals surface area contributed by atoms with E-state index in [1.807, 2.05) is 0 Å². The van der Waals surface area contributed by atoms with Crippen molar-refractivity contribution in [2.75, 3.05) is 0 Å². The molecule has 0 spiro atoms. The molecule has 6 heteroatoms. The lowest BCUT2D eigenvalue weighted by molar-refractivity contribution is -0.138. The number of aliphatic carboxylic acids is 1. The Morgan fingerprint density at radius 1 is 1.20 bits per heavy atom. The molecule has 0 fully saturated rings. The van der Waals surface area contributed by atoms with Crippen LogP contribution in [0, 0.1) is 0 Å². The minimum Gasteiger partial charge on any atom is -0.480 e. The van der Waals surface area contributed by atoms with Gasteiger partial charge in [-0.3, -0.25) is 9.59 Å². The lowest BCUT2D eigenvalue weighted by atomic mass is 10.1. The van der Waals surface area contributed by atoms with Gasteiger partial charge in [0.1, 0.15) is 11.4 Å². The van der Waals surface area contributed by atoms with Crippen molar-refractivity contribution in [3.05, 3.63) is 0 Å². The Morgan fingerprint density at radius 2 is 1.80 bits per heavy atom. The summed E-state index contributed by atoms with van der Waals surface area (Å²) >= 11 is 3.81. The highest BCUT2D eigenvalue weighted by atomic mass is 32.1. The molecule has 0 amide bonds. The van der Waals surface area contributed by atoms with Crippen LogP contribution >= 0.6 is 12.6 Å². The molecule has 0 rings (SSSR count). The first-order valence-electron chi connectivity index (χ1n) is 4.90. The molecule has 0 saturated carbocycles. The van der Waals surface area contributed by atoms with Gasteiger partial charge in [-0.25, -0.2) is 0 Å². The van der Waals surface area contributed by atoms with E-state index in [9.17, 15) is 9.59 Å². The molecule has 0 aliphatic heterocycles. The van der Waals surface area contributed by atoms with Gasteiger partial charge in [0.05, 0.1) is 0 Å². The number of thiol groups is 1. The predicted molar refractivity (Wildman–Crippen MR) is 60.7 cm³/mol. The summed E-state index contributed by atoms with van der Waals surface area (Å²) in [5.74, 6) is -1.07. The molecule has 0 aromatic rings. The van der Waals surface area contributed by atoms with E-state index in [2.05, 4.69) is 12.6 Å². The van der Waals surface area contributed by atoms with E-state index in [0.717, 1.165) is 6.42 Å². The minimum absolute atomic E-state index is 0.0825. The first-order valence-corrected chi connectivity index (χ1v) is 5.41. The number of nitrogens with two attached hydrogens (primary N) is 2. The molecule has 0 bridgehead atoms. The van der Waals surface area contributed by atoms with Crippen LogP contribution in [-0.2, 0) is 9.59 Å². The molecule has 0 aromatic carbocycles. The summed E-state index contributed by atoms with van der Waals surface area (Å²) in [4.78, 5) is 21.4. The van der Waals surface area contributed by atoms with Crippen LogP contribution in [0.2, 0.25) is 0 Å². The molecule has 88 valence electrons. The molecule has 0 aliphatic carbocycles. The average Bonchev–Trinajstić information content (AvgIpc) is 2.16.